The maximum atomic E-state index is 14.2. The number of furan rings is 1. The van der Waals surface area contributed by atoms with Crippen LogP contribution in [0.3, 0.4) is 0 Å². The van der Waals surface area contributed by atoms with Crippen LogP contribution in [0.5, 0.6) is 0 Å². The van der Waals surface area contributed by atoms with Crippen LogP contribution in [0.2, 0.25) is 0 Å². The van der Waals surface area contributed by atoms with Gasteiger partial charge in [-0.3, -0.25) is 4.79 Å². The van der Waals surface area contributed by atoms with Gasteiger partial charge in [0.2, 0.25) is 6.29 Å². The van der Waals surface area contributed by atoms with E-state index in [-0.39, 0.29) is 24.0 Å². The van der Waals surface area contributed by atoms with Crippen LogP contribution < -0.4 is 0 Å². The van der Waals surface area contributed by atoms with Gasteiger partial charge >= 0.3 is 11.9 Å². The molecule has 1 aromatic heterocycles. The third-order valence-corrected chi connectivity index (χ3v) is 10.3. The van der Waals surface area contributed by atoms with Crippen molar-refractivity contribution in [1.82, 2.24) is 0 Å². The number of carbonyl (C=O) groups excluding carboxylic acids is 3. The van der Waals surface area contributed by atoms with Crippen LogP contribution in [0, 0.1) is 28.1 Å². The Morgan fingerprint density at radius 1 is 0.971 bits per heavy atom. The van der Waals surface area contributed by atoms with Crippen LogP contribution in [0.15, 0.2) is 35.2 Å². The Balaban J connectivity index is 1.43. The minimum atomic E-state index is -1.01. The van der Waals surface area contributed by atoms with Crippen LogP contribution in [-0.2, 0) is 33.3 Å². The smallest absolute Gasteiger partial charge is 0.339 e. The Morgan fingerprint density at radius 3 is 2.50 bits per heavy atom. The maximum absolute atomic E-state index is 14.2. The Morgan fingerprint density at radius 2 is 1.76 bits per heavy atom. The molecular weight excluding hydrogens is 440 g/mol. The Bertz CT molecular complexity index is 1170. The van der Waals surface area contributed by atoms with Gasteiger partial charge in [-0.05, 0) is 45.6 Å². The summed E-state index contributed by atoms with van der Waals surface area (Å²) in [5, 5.41) is 0. The summed E-state index contributed by atoms with van der Waals surface area (Å²) in [6, 6.07) is 1.80. The number of carbonyl (C=O) groups is 3. The molecule has 3 saturated heterocycles. The van der Waals surface area contributed by atoms with E-state index < -0.39 is 57.9 Å². The fourth-order valence-electron chi connectivity index (χ4n) is 8.86. The molecule has 2 saturated carbocycles. The van der Waals surface area contributed by atoms with Gasteiger partial charge in [0.1, 0.15) is 17.5 Å². The van der Waals surface area contributed by atoms with Gasteiger partial charge < -0.3 is 23.4 Å². The summed E-state index contributed by atoms with van der Waals surface area (Å²) in [5.74, 6) is -1.19. The van der Waals surface area contributed by atoms with Gasteiger partial charge in [-0.15, -0.1) is 0 Å². The molecule has 7 rings (SSSR count). The zero-order chi connectivity index (χ0) is 23.9. The molecule has 5 fully saturated rings. The van der Waals surface area contributed by atoms with E-state index in [1.54, 1.807) is 18.6 Å². The quantitative estimate of drug-likeness (QED) is 0.457. The number of esters is 2. The van der Waals surface area contributed by atoms with Gasteiger partial charge in [-0.25, -0.2) is 9.59 Å². The molecule has 5 heterocycles. The van der Waals surface area contributed by atoms with Gasteiger partial charge in [-0.2, -0.15) is 0 Å². The van der Waals surface area contributed by atoms with Crippen LogP contribution in [0.25, 0.3) is 0 Å². The van der Waals surface area contributed by atoms with Crippen molar-refractivity contribution >= 4 is 17.7 Å². The lowest BCUT2D eigenvalue weighted by Gasteiger charge is -2.64. The molecule has 6 aliphatic rings. The molecule has 0 bridgehead atoms. The third kappa shape index (κ3) is 1.97. The molecule has 9 atom stereocenters. The first-order chi connectivity index (χ1) is 16.0. The molecule has 4 aliphatic heterocycles. The van der Waals surface area contributed by atoms with E-state index >= 15 is 0 Å². The SMILES string of the molecule is CC1(C)O[C@@H]2OC(=O)C=CC23[C@H]2CC[C@@]4(C)[C@H](c5ccoc5)OC(=O)[C@H]5O[C@]54[C@]2(C)C(=O)C[C@@H]13. The maximum Gasteiger partial charge on any atom is 0.339 e. The number of epoxide rings is 1. The number of Topliss-reactive ketones (excluding diaryl/α,β-unsaturated/α-hetero) is 1. The Labute approximate surface area is 196 Å². The molecule has 180 valence electrons. The molecule has 0 N–H and O–H groups in total. The number of ether oxygens (including phenoxy) is 4. The predicted octanol–water partition coefficient (Wildman–Crippen LogP) is 3.26. The minimum absolute atomic E-state index is 0.0739. The highest BCUT2D eigenvalue weighted by molar-refractivity contribution is 5.93. The highest BCUT2D eigenvalue weighted by Gasteiger charge is 2.89. The lowest BCUT2D eigenvalue weighted by atomic mass is 9.37. The van der Waals surface area contributed by atoms with E-state index in [0.717, 1.165) is 5.56 Å². The van der Waals surface area contributed by atoms with E-state index in [1.165, 1.54) is 6.08 Å². The number of cyclic esters (lactones) is 1. The predicted molar refractivity (Wildman–Crippen MR) is 114 cm³/mol. The fourth-order valence-corrected chi connectivity index (χ4v) is 8.86. The summed E-state index contributed by atoms with van der Waals surface area (Å²) in [4.78, 5) is 39.5. The zero-order valence-corrected chi connectivity index (χ0v) is 19.7. The second-order valence-electron chi connectivity index (χ2n) is 11.8. The molecule has 8 nitrogen and oxygen atoms in total. The van der Waals surface area contributed by atoms with Crippen LogP contribution in [0.1, 0.15) is 58.6 Å². The second kappa shape index (κ2) is 5.85. The van der Waals surface area contributed by atoms with E-state index in [2.05, 4.69) is 6.92 Å². The molecule has 1 unspecified atom stereocenters. The van der Waals surface area contributed by atoms with Gasteiger partial charge in [0.15, 0.2) is 6.10 Å². The summed E-state index contributed by atoms with van der Waals surface area (Å²) >= 11 is 0. The summed E-state index contributed by atoms with van der Waals surface area (Å²) < 4.78 is 29.6. The summed E-state index contributed by atoms with van der Waals surface area (Å²) in [6.45, 7) is 7.95. The average molecular weight is 469 g/mol. The van der Waals surface area contributed by atoms with Gasteiger partial charge in [0, 0.05) is 29.4 Å². The molecular formula is C26H28O8. The third-order valence-electron chi connectivity index (χ3n) is 10.3. The van der Waals surface area contributed by atoms with Crippen molar-refractivity contribution in [3.63, 3.8) is 0 Å². The summed E-state index contributed by atoms with van der Waals surface area (Å²) in [5.41, 5.74) is -3.18. The second-order valence-corrected chi connectivity index (χ2v) is 11.8. The van der Waals surface area contributed by atoms with Crippen LogP contribution in [-0.4, -0.2) is 41.3 Å². The van der Waals surface area contributed by atoms with Crippen molar-refractivity contribution in [2.45, 2.75) is 76.7 Å². The van der Waals surface area contributed by atoms with Crippen LogP contribution in [0.4, 0.5) is 0 Å². The molecule has 34 heavy (non-hydrogen) atoms. The Hall–Kier alpha value is -2.45. The molecule has 0 radical (unpaired) electrons. The number of fused-ring (bicyclic) bond motifs is 1. The molecule has 2 aliphatic carbocycles. The lowest BCUT2D eigenvalue weighted by Crippen LogP contribution is -2.71. The fraction of sp³-hybridized carbons (Fsp3) is 0.654. The lowest BCUT2D eigenvalue weighted by molar-refractivity contribution is -0.229. The highest BCUT2D eigenvalue weighted by Crippen LogP contribution is 2.79. The normalized spacial score (nSPS) is 51.9. The minimum Gasteiger partial charge on any atom is -0.472 e. The van der Waals surface area contributed by atoms with E-state index in [1.807, 2.05) is 26.8 Å². The number of ketones is 1. The topological polar surface area (TPSA) is 105 Å². The standard InChI is InChI=1S/C26H28O8/c1-22(2)15-11-16(27)24(4)14(25(15)9-6-17(28)31-21(25)34-22)5-8-23(3)18(13-7-10-30-12-13)32-20(29)19-26(23,24)33-19/h6-7,9-10,12,14-15,18-19,21H,5,8,11H2,1-4H3/t14-,15-,18-,19+,21-,23-,24-,25?,26+/m0/s1. The van der Waals surface area contributed by atoms with E-state index in [4.69, 9.17) is 23.4 Å². The van der Waals surface area contributed by atoms with Crippen LogP contribution >= 0.6 is 0 Å². The highest BCUT2D eigenvalue weighted by atomic mass is 16.7. The number of hydrogen-bond acceptors (Lipinski definition) is 8. The van der Waals surface area contributed by atoms with Gasteiger partial charge in [0.25, 0.3) is 0 Å². The van der Waals surface area contributed by atoms with E-state index in [9.17, 15) is 14.4 Å². The van der Waals surface area contributed by atoms with Crippen molar-refractivity contribution in [2.75, 3.05) is 0 Å². The van der Waals surface area contributed by atoms with Crippen molar-refractivity contribution in [3.05, 3.63) is 36.3 Å². The first-order valence-electron chi connectivity index (χ1n) is 12.0. The zero-order valence-electron chi connectivity index (χ0n) is 19.7. The summed E-state index contributed by atoms with van der Waals surface area (Å²) in [7, 11) is 0. The molecule has 8 heteroatoms. The molecule has 0 amide bonds. The summed E-state index contributed by atoms with van der Waals surface area (Å²) in [6.07, 6.45) is 6.02. The molecule has 2 spiro atoms. The van der Waals surface area contributed by atoms with Crippen molar-refractivity contribution < 1.29 is 37.7 Å². The largest absolute Gasteiger partial charge is 0.472 e. The average Bonchev–Trinajstić information content (AvgIpc) is 3.26. The molecule has 0 aromatic carbocycles. The van der Waals surface area contributed by atoms with Gasteiger partial charge in [0.05, 0.1) is 29.0 Å². The van der Waals surface area contributed by atoms with Crippen molar-refractivity contribution in [1.29, 1.82) is 0 Å². The number of hydrogen-bond donors (Lipinski definition) is 0. The first kappa shape index (κ1) is 20.9. The number of rotatable bonds is 1. The van der Waals surface area contributed by atoms with Crippen molar-refractivity contribution in [3.8, 4) is 0 Å². The van der Waals surface area contributed by atoms with E-state index in [0.29, 0.717) is 12.8 Å². The molecule has 1 aromatic rings. The Kier molecular flexibility index (Phi) is 3.59. The van der Waals surface area contributed by atoms with Crippen molar-refractivity contribution in [2.24, 2.45) is 28.1 Å². The monoisotopic (exact) mass is 468 g/mol. The van der Waals surface area contributed by atoms with Gasteiger partial charge in [-0.1, -0.05) is 13.0 Å². The first-order valence-corrected chi connectivity index (χ1v) is 12.0.